The monoisotopic (exact) mass is 244 g/mol. The first-order valence-corrected chi connectivity index (χ1v) is 6.45. The first-order chi connectivity index (χ1) is 8.54. The standard InChI is InChI=1S/C15H20N2O/c1-5-13-14(10(2)3)15(18)17(16-13)12-8-6-11(4)7-9-12/h6-10,16H,5H2,1-4H3. The Balaban J connectivity index is 2.59. The predicted octanol–water partition coefficient (Wildman–Crippen LogP) is 3.16. The second kappa shape index (κ2) is 4.84. The van der Waals surface area contributed by atoms with Crippen LogP contribution in [0.3, 0.4) is 0 Å². The Morgan fingerprint density at radius 1 is 1.22 bits per heavy atom. The summed E-state index contributed by atoms with van der Waals surface area (Å²) in [5.74, 6) is 0.246. The molecule has 3 heteroatoms. The van der Waals surface area contributed by atoms with E-state index >= 15 is 0 Å². The van der Waals surface area contributed by atoms with Gasteiger partial charge in [0.1, 0.15) is 0 Å². The average molecular weight is 244 g/mol. The van der Waals surface area contributed by atoms with E-state index in [2.05, 4.69) is 25.9 Å². The Kier molecular flexibility index (Phi) is 3.41. The number of hydrogen-bond acceptors (Lipinski definition) is 1. The summed E-state index contributed by atoms with van der Waals surface area (Å²) in [6.45, 7) is 8.22. The van der Waals surface area contributed by atoms with Crippen LogP contribution in [-0.2, 0) is 6.42 Å². The fourth-order valence-corrected chi connectivity index (χ4v) is 2.24. The van der Waals surface area contributed by atoms with Gasteiger partial charge in [0.2, 0.25) is 0 Å². The highest BCUT2D eigenvalue weighted by Gasteiger charge is 2.16. The lowest BCUT2D eigenvalue weighted by atomic mass is 10.0. The molecular weight excluding hydrogens is 224 g/mol. The minimum atomic E-state index is 0.0747. The van der Waals surface area contributed by atoms with Crippen molar-refractivity contribution in [3.63, 3.8) is 0 Å². The van der Waals surface area contributed by atoms with Gasteiger partial charge < -0.3 is 0 Å². The summed E-state index contributed by atoms with van der Waals surface area (Å²) in [5.41, 5.74) is 4.10. The maximum Gasteiger partial charge on any atom is 0.274 e. The zero-order valence-electron chi connectivity index (χ0n) is 11.4. The summed E-state index contributed by atoms with van der Waals surface area (Å²) in [6.07, 6.45) is 0.849. The van der Waals surface area contributed by atoms with Crippen molar-refractivity contribution in [2.45, 2.75) is 40.0 Å². The average Bonchev–Trinajstić information content (AvgIpc) is 2.67. The van der Waals surface area contributed by atoms with Gasteiger partial charge in [0.05, 0.1) is 5.69 Å². The number of hydrogen-bond donors (Lipinski definition) is 1. The molecule has 96 valence electrons. The third-order valence-electron chi connectivity index (χ3n) is 3.23. The molecule has 1 aromatic carbocycles. The number of H-pyrrole nitrogens is 1. The van der Waals surface area contributed by atoms with Crippen LogP contribution in [0.2, 0.25) is 0 Å². The molecular formula is C15H20N2O. The van der Waals surface area contributed by atoms with Gasteiger partial charge in [-0.2, -0.15) is 0 Å². The number of benzene rings is 1. The van der Waals surface area contributed by atoms with Crippen LogP contribution in [0.25, 0.3) is 5.69 Å². The summed E-state index contributed by atoms with van der Waals surface area (Å²) < 4.78 is 1.65. The second-order valence-corrected chi connectivity index (χ2v) is 4.99. The molecule has 2 rings (SSSR count). The molecule has 0 fully saturated rings. The van der Waals surface area contributed by atoms with Gasteiger partial charge in [-0.25, -0.2) is 4.68 Å². The van der Waals surface area contributed by atoms with Crippen LogP contribution in [0.1, 0.15) is 43.5 Å². The Morgan fingerprint density at radius 2 is 1.83 bits per heavy atom. The zero-order chi connectivity index (χ0) is 13.3. The molecule has 0 bridgehead atoms. The second-order valence-electron chi connectivity index (χ2n) is 4.99. The van der Waals surface area contributed by atoms with Gasteiger partial charge in [0.25, 0.3) is 5.56 Å². The van der Waals surface area contributed by atoms with Crippen LogP contribution in [-0.4, -0.2) is 9.78 Å². The van der Waals surface area contributed by atoms with E-state index in [4.69, 9.17) is 0 Å². The normalized spacial score (nSPS) is 11.2. The van der Waals surface area contributed by atoms with E-state index in [0.29, 0.717) is 0 Å². The van der Waals surface area contributed by atoms with Crippen LogP contribution in [0.15, 0.2) is 29.1 Å². The summed E-state index contributed by atoms with van der Waals surface area (Å²) in [6, 6.07) is 7.97. The Bertz CT molecular complexity index is 588. The van der Waals surface area contributed by atoms with Crippen molar-refractivity contribution < 1.29 is 0 Å². The van der Waals surface area contributed by atoms with Crippen LogP contribution in [0, 0.1) is 6.92 Å². The molecule has 0 aliphatic carbocycles. The highest BCUT2D eigenvalue weighted by molar-refractivity contribution is 5.35. The molecule has 1 aromatic heterocycles. The molecule has 3 nitrogen and oxygen atoms in total. The van der Waals surface area contributed by atoms with Crippen LogP contribution < -0.4 is 5.56 Å². The molecule has 1 heterocycles. The van der Waals surface area contributed by atoms with Crippen molar-refractivity contribution in [3.8, 4) is 5.69 Å². The summed E-state index contributed by atoms with van der Waals surface area (Å²) in [7, 11) is 0. The molecule has 0 spiro atoms. The van der Waals surface area contributed by atoms with Crippen molar-refractivity contribution >= 4 is 0 Å². The van der Waals surface area contributed by atoms with Gasteiger partial charge in [0, 0.05) is 11.3 Å². The van der Waals surface area contributed by atoms with E-state index in [9.17, 15) is 4.79 Å². The van der Waals surface area contributed by atoms with Crippen LogP contribution in [0.5, 0.6) is 0 Å². The fraction of sp³-hybridized carbons (Fsp3) is 0.400. The molecule has 18 heavy (non-hydrogen) atoms. The van der Waals surface area contributed by atoms with E-state index in [-0.39, 0.29) is 11.5 Å². The summed E-state index contributed by atoms with van der Waals surface area (Å²) >= 11 is 0. The fourth-order valence-electron chi connectivity index (χ4n) is 2.24. The van der Waals surface area contributed by atoms with Gasteiger partial charge >= 0.3 is 0 Å². The molecule has 0 aliphatic heterocycles. The number of aryl methyl sites for hydroxylation is 2. The molecule has 0 radical (unpaired) electrons. The minimum Gasteiger partial charge on any atom is -0.295 e. The lowest BCUT2D eigenvalue weighted by Gasteiger charge is -2.01. The quantitative estimate of drug-likeness (QED) is 0.884. The smallest absolute Gasteiger partial charge is 0.274 e. The summed E-state index contributed by atoms with van der Waals surface area (Å²) in [5, 5.41) is 3.22. The first-order valence-electron chi connectivity index (χ1n) is 6.45. The van der Waals surface area contributed by atoms with Gasteiger partial charge in [-0.3, -0.25) is 9.89 Å². The molecule has 0 saturated heterocycles. The summed E-state index contributed by atoms with van der Waals surface area (Å²) in [4.78, 5) is 12.4. The number of nitrogens with zero attached hydrogens (tertiary/aromatic N) is 1. The molecule has 0 atom stereocenters. The molecule has 0 unspecified atom stereocenters. The minimum absolute atomic E-state index is 0.0747. The number of aromatic amines is 1. The lowest BCUT2D eigenvalue weighted by Crippen LogP contribution is -2.18. The van der Waals surface area contributed by atoms with Gasteiger partial charge in [0.15, 0.2) is 0 Å². The largest absolute Gasteiger partial charge is 0.295 e. The first kappa shape index (κ1) is 12.7. The van der Waals surface area contributed by atoms with E-state index < -0.39 is 0 Å². The van der Waals surface area contributed by atoms with Crippen molar-refractivity contribution in [2.24, 2.45) is 0 Å². The lowest BCUT2D eigenvalue weighted by molar-refractivity contribution is 0.818. The Hall–Kier alpha value is -1.77. The van der Waals surface area contributed by atoms with Crippen molar-refractivity contribution in [3.05, 3.63) is 51.4 Å². The molecule has 0 aliphatic rings. The van der Waals surface area contributed by atoms with Gasteiger partial charge in [-0.15, -0.1) is 0 Å². The molecule has 2 aromatic rings. The number of rotatable bonds is 3. The van der Waals surface area contributed by atoms with Crippen molar-refractivity contribution in [2.75, 3.05) is 0 Å². The molecule has 0 saturated carbocycles. The maximum absolute atomic E-state index is 12.4. The Labute approximate surface area is 107 Å². The Morgan fingerprint density at radius 3 is 2.28 bits per heavy atom. The highest BCUT2D eigenvalue weighted by Crippen LogP contribution is 2.16. The SMILES string of the molecule is CCc1[nH]n(-c2ccc(C)cc2)c(=O)c1C(C)C. The van der Waals surface area contributed by atoms with Gasteiger partial charge in [-0.05, 0) is 31.4 Å². The predicted molar refractivity (Wildman–Crippen MR) is 74.6 cm³/mol. The third-order valence-corrected chi connectivity index (χ3v) is 3.23. The van der Waals surface area contributed by atoms with Crippen LogP contribution >= 0.6 is 0 Å². The third kappa shape index (κ3) is 2.13. The van der Waals surface area contributed by atoms with E-state index in [1.165, 1.54) is 5.56 Å². The van der Waals surface area contributed by atoms with Crippen molar-refractivity contribution in [1.29, 1.82) is 0 Å². The van der Waals surface area contributed by atoms with Crippen molar-refractivity contribution in [1.82, 2.24) is 9.78 Å². The molecule has 1 N–H and O–H groups in total. The number of aromatic nitrogens is 2. The zero-order valence-corrected chi connectivity index (χ0v) is 11.4. The highest BCUT2D eigenvalue weighted by atomic mass is 16.1. The maximum atomic E-state index is 12.4. The van der Waals surface area contributed by atoms with Crippen LogP contribution in [0.4, 0.5) is 0 Å². The topological polar surface area (TPSA) is 37.8 Å². The molecule has 0 amide bonds. The van der Waals surface area contributed by atoms with E-state index in [1.807, 2.05) is 31.2 Å². The van der Waals surface area contributed by atoms with Gasteiger partial charge in [-0.1, -0.05) is 38.5 Å². The number of nitrogens with one attached hydrogen (secondary N) is 1. The van der Waals surface area contributed by atoms with E-state index in [0.717, 1.165) is 23.4 Å². The van der Waals surface area contributed by atoms with E-state index in [1.54, 1.807) is 4.68 Å².